The highest BCUT2D eigenvalue weighted by atomic mass is 16.5. The van der Waals surface area contributed by atoms with Crippen LogP contribution in [0.5, 0.6) is 0 Å². The summed E-state index contributed by atoms with van der Waals surface area (Å²) < 4.78 is 9.79. The van der Waals surface area contributed by atoms with Gasteiger partial charge in [-0.05, 0) is 17.9 Å². The van der Waals surface area contributed by atoms with Gasteiger partial charge in [0.15, 0.2) is 0 Å². The van der Waals surface area contributed by atoms with Crippen LogP contribution < -0.4 is 10.6 Å². The number of hydrogen-bond donors (Lipinski definition) is 2. The molecule has 0 saturated heterocycles. The fraction of sp³-hybridized carbons (Fsp3) is 0.529. The maximum atomic E-state index is 11.9. The molecular formula is C17H26N2O4. The molecule has 1 aromatic rings. The molecule has 0 aliphatic rings. The van der Waals surface area contributed by atoms with Gasteiger partial charge in [-0.15, -0.1) is 0 Å². The second-order valence-electron chi connectivity index (χ2n) is 5.74. The van der Waals surface area contributed by atoms with Gasteiger partial charge in [-0.1, -0.05) is 44.2 Å². The molecule has 0 spiro atoms. The van der Waals surface area contributed by atoms with Gasteiger partial charge in [0, 0.05) is 12.6 Å². The highest BCUT2D eigenvalue weighted by Gasteiger charge is 2.15. The molecule has 1 amide bonds. The number of rotatable bonds is 9. The fourth-order valence-electron chi connectivity index (χ4n) is 2.11. The number of hydrogen-bond acceptors (Lipinski definition) is 5. The molecule has 0 aliphatic heterocycles. The number of nitrogens with one attached hydrogen (secondary N) is 2. The third kappa shape index (κ3) is 8.83. The third-order valence-electron chi connectivity index (χ3n) is 3.18. The molecule has 6 heteroatoms. The van der Waals surface area contributed by atoms with E-state index < -0.39 is 6.09 Å². The van der Waals surface area contributed by atoms with Gasteiger partial charge < -0.3 is 20.1 Å². The van der Waals surface area contributed by atoms with Crippen LogP contribution in [0, 0.1) is 5.92 Å². The predicted octanol–water partition coefficient (Wildman–Crippen LogP) is 2.09. The van der Waals surface area contributed by atoms with Crippen LogP contribution in [0.15, 0.2) is 30.3 Å². The standard InChI is InChI=1S/C17H26N2O4/c1-13(2)9-15(10-18-11-16(20)22-3)19-17(21)23-12-14-7-5-4-6-8-14/h4-8,13,15,18H,9-12H2,1-3H3,(H,19,21)/t15-/m0/s1. The molecule has 0 aliphatic carbocycles. The number of benzene rings is 1. The van der Waals surface area contributed by atoms with Gasteiger partial charge in [-0.3, -0.25) is 4.79 Å². The summed E-state index contributed by atoms with van der Waals surface area (Å²) in [5.41, 5.74) is 0.937. The van der Waals surface area contributed by atoms with E-state index in [1.807, 2.05) is 30.3 Å². The Morgan fingerprint density at radius 2 is 1.87 bits per heavy atom. The third-order valence-corrected chi connectivity index (χ3v) is 3.18. The van der Waals surface area contributed by atoms with Gasteiger partial charge in [0.05, 0.1) is 13.7 Å². The Bertz CT molecular complexity index is 477. The molecule has 1 atom stereocenters. The number of methoxy groups -OCH3 is 1. The van der Waals surface area contributed by atoms with E-state index in [1.165, 1.54) is 7.11 Å². The monoisotopic (exact) mass is 322 g/mol. The van der Waals surface area contributed by atoms with Crippen LogP contribution in [0.25, 0.3) is 0 Å². The maximum Gasteiger partial charge on any atom is 0.407 e. The van der Waals surface area contributed by atoms with Gasteiger partial charge in [0.2, 0.25) is 0 Å². The van der Waals surface area contributed by atoms with Crippen LogP contribution in [-0.4, -0.2) is 38.3 Å². The first-order valence-corrected chi connectivity index (χ1v) is 7.76. The number of carbonyl (C=O) groups is 2. The van der Waals surface area contributed by atoms with E-state index >= 15 is 0 Å². The van der Waals surface area contributed by atoms with Gasteiger partial charge in [-0.2, -0.15) is 0 Å². The number of alkyl carbamates (subject to hydrolysis) is 1. The minimum Gasteiger partial charge on any atom is -0.468 e. The molecule has 23 heavy (non-hydrogen) atoms. The molecule has 6 nitrogen and oxygen atoms in total. The Morgan fingerprint density at radius 3 is 2.48 bits per heavy atom. The summed E-state index contributed by atoms with van der Waals surface area (Å²) in [6, 6.07) is 9.40. The molecule has 0 radical (unpaired) electrons. The van der Waals surface area contributed by atoms with Crippen LogP contribution in [0.3, 0.4) is 0 Å². The van der Waals surface area contributed by atoms with Crippen LogP contribution in [-0.2, 0) is 20.9 Å². The fourth-order valence-corrected chi connectivity index (χ4v) is 2.11. The molecule has 0 unspecified atom stereocenters. The Labute approximate surface area is 137 Å². The first-order valence-electron chi connectivity index (χ1n) is 7.76. The lowest BCUT2D eigenvalue weighted by Crippen LogP contribution is -2.44. The summed E-state index contributed by atoms with van der Waals surface area (Å²) >= 11 is 0. The van der Waals surface area contributed by atoms with Gasteiger partial charge >= 0.3 is 12.1 Å². The summed E-state index contributed by atoms with van der Waals surface area (Å²) in [6.45, 7) is 4.98. The minimum atomic E-state index is -0.459. The van der Waals surface area contributed by atoms with E-state index in [4.69, 9.17) is 4.74 Å². The Hall–Kier alpha value is -2.08. The van der Waals surface area contributed by atoms with E-state index in [-0.39, 0.29) is 25.2 Å². The molecule has 0 fully saturated rings. The Kier molecular flexibility index (Phi) is 8.75. The Balaban J connectivity index is 2.38. The van der Waals surface area contributed by atoms with Gasteiger partial charge in [-0.25, -0.2) is 4.79 Å². The molecule has 1 aromatic carbocycles. The smallest absolute Gasteiger partial charge is 0.407 e. The predicted molar refractivity (Wildman–Crippen MR) is 87.9 cm³/mol. The van der Waals surface area contributed by atoms with Crippen molar-refractivity contribution in [2.24, 2.45) is 5.92 Å². The summed E-state index contributed by atoms with van der Waals surface area (Å²) in [5.74, 6) is 0.0781. The highest BCUT2D eigenvalue weighted by Crippen LogP contribution is 2.05. The average Bonchev–Trinajstić information content (AvgIpc) is 2.53. The first-order chi connectivity index (χ1) is 11.0. The molecule has 0 bridgehead atoms. The normalized spacial score (nSPS) is 11.8. The van der Waals surface area contributed by atoms with Crippen molar-refractivity contribution in [3.63, 3.8) is 0 Å². The van der Waals surface area contributed by atoms with Crippen molar-refractivity contribution >= 4 is 12.1 Å². The van der Waals surface area contributed by atoms with Crippen LogP contribution in [0.4, 0.5) is 4.79 Å². The molecule has 128 valence electrons. The van der Waals surface area contributed by atoms with E-state index in [2.05, 4.69) is 29.2 Å². The maximum absolute atomic E-state index is 11.9. The zero-order valence-electron chi connectivity index (χ0n) is 14.0. The second kappa shape index (κ2) is 10.6. The number of esters is 1. The molecule has 0 saturated carbocycles. The number of amides is 1. The minimum absolute atomic E-state index is 0.108. The topological polar surface area (TPSA) is 76.7 Å². The molecule has 2 N–H and O–H groups in total. The van der Waals surface area contributed by atoms with Crippen molar-refractivity contribution in [3.8, 4) is 0 Å². The van der Waals surface area contributed by atoms with Crippen LogP contribution >= 0.6 is 0 Å². The summed E-state index contributed by atoms with van der Waals surface area (Å²) in [4.78, 5) is 23.0. The molecule has 1 rings (SSSR count). The average molecular weight is 322 g/mol. The zero-order chi connectivity index (χ0) is 17.1. The van der Waals surface area contributed by atoms with E-state index in [1.54, 1.807) is 0 Å². The van der Waals surface area contributed by atoms with E-state index in [0.29, 0.717) is 12.5 Å². The van der Waals surface area contributed by atoms with E-state index in [9.17, 15) is 9.59 Å². The van der Waals surface area contributed by atoms with Crippen molar-refractivity contribution in [3.05, 3.63) is 35.9 Å². The number of ether oxygens (including phenoxy) is 2. The molecule has 0 heterocycles. The Morgan fingerprint density at radius 1 is 1.17 bits per heavy atom. The van der Waals surface area contributed by atoms with Crippen LogP contribution in [0.1, 0.15) is 25.8 Å². The quantitative estimate of drug-likeness (QED) is 0.681. The zero-order valence-corrected chi connectivity index (χ0v) is 14.0. The lowest BCUT2D eigenvalue weighted by molar-refractivity contribution is -0.139. The summed E-state index contributed by atoms with van der Waals surface area (Å²) in [5, 5.41) is 5.81. The van der Waals surface area contributed by atoms with E-state index in [0.717, 1.165) is 12.0 Å². The SMILES string of the molecule is COC(=O)CNC[C@H](CC(C)C)NC(=O)OCc1ccccc1. The largest absolute Gasteiger partial charge is 0.468 e. The lowest BCUT2D eigenvalue weighted by Gasteiger charge is -2.20. The molecular weight excluding hydrogens is 296 g/mol. The van der Waals surface area contributed by atoms with Gasteiger partial charge in [0.1, 0.15) is 6.61 Å². The van der Waals surface area contributed by atoms with Crippen molar-refractivity contribution in [2.45, 2.75) is 32.9 Å². The van der Waals surface area contributed by atoms with Crippen molar-refractivity contribution in [1.29, 1.82) is 0 Å². The highest BCUT2D eigenvalue weighted by molar-refractivity contribution is 5.71. The summed E-state index contributed by atoms with van der Waals surface area (Å²) in [6.07, 6.45) is 0.327. The first kappa shape index (κ1) is 19.0. The summed E-state index contributed by atoms with van der Waals surface area (Å²) in [7, 11) is 1.34. The van der Waals surface area contributed by atoms with Crippen molar-refractivity contribution < 1.29 is 19.1 Å². The van der Waals surface area contributed by atoms with Crippen molar-refractivity contribution in [1.82, 2.24) is 10.6 Å². The van der Waals surface area contributed by atoms with Gasteiger partial charge in [0.25, 0.3) is 0 Å². The van der Waals surface area contributed by atoms with Crippen molar-refractivity contribution in [2.75, 3.05) is 20.2 Å². The van der Waals surface area contributed by atoms with Crippen LogP contribution in [0.2, 0.25) is 0 Å². The molecule has 0 aromatic heterocycles. The number of carbonyl (C=O) groups excluding carboxylic acids is 2. The second-order valence-corrected chi connectivity index (χ2v) is 5.74. The lowest BCUT2D eigenvalue weighted by atomic mass is 10.0.